The first kappa shape index (κ1) is 55.7. The number of aliphatic hydroxyl groups is 2. The zero-order valence-corrected chi connectivity index (χ0v) is 37.7. The Morgan fingerprint density at radius 3 is 1.26 bits per heavy atom. The van der Waals surface area contributed by atoms with Gasteiger partial charge in [0, 0.05) is 12.8 Å². The highest BCUT2D eigenvalue weighted by Crippen LogP contribution is 2.43. The molecule has 338 valence electrons. The summed E-state index contributed by atoms with van der Waals surface area (Å²) in [6, 6.07) is 0. The van der Waals surface area contributed by atoms with Gasteiger partial charge in [0.1, 0.15) is 12.7 Å². The molecule has 0 aromatic rings. The van der Waals surface area contributed by atoms with Crippen LogP contribution in [0.25, 0.3) is 0 Å². The highest BCUT2D eigenvalue weighted by atomic mass is 31.2. The fraction of sp³-hybridized carbons (Fsp3) is 0.913. The van der Waals surface area contributed by atoms with Crippen LogP contribution in [0.3, 0.4) is 0 Å². The molecule has 0 saturated heterocycles. The van der Waals surface area contributed by atoms with Crippen molar-refractivity contribution < 1.29 is 47.8 Å². The van der Waals surface area contributed by atoms with Crippen LogP contribution in [0.1, 0.15) is 232 Å². The minimum absolute atomic E-state index is 0.189. The van der Waals surface area contributed by atoms with Gasteiger partial charge in [0.2, 0.25) is 0 Å². The number of phosphoric acid groups is 1. The Bertz CT molecular complexity index is 961. The molecule has 0 aromatic carbocycles. The summed E-state index contributed by atoms with van der Waals surface area (Å²) in [6.45, 7) is 2.41. The summed E-state index contributed by atoms with van der Waals surface area (Å²) in [5, 5.41) is 18.4. The van der Waals surface area contributed by atoms with E-state index in [0.717, 1.165) is 51.4 Å². The summed E-state index contributed by atoms with van der Waals surface area (Å²) in [5.41, 5.74) is 0. The molecule has 0 radical (unpaired) electrons. The maximum absolute atomic E-state index is 12.6. The van der Waals surface area contributed by atoms with Crippen LogP contribution in [-0.4, -0.2) is 65.7 Å². The molecule has 0 saturated carbocycles. The number of esters is 2. The fourth-order valence-corrected chi connectivity index (χ4v) is 7.54. The van der Waals surface area contributed by atoms with E-state index in [1.807, 2.05) is 0 Å². The average Bonchev–Trinajstić information content (AvgIpc) is 3.20. The van der Waals surface area contributed by atoms with Crippen LogP contribution in [0.15, 0.2) is 12.2 Å². The number of carbonyl (C=O) groups is 2. The van der Waals surface area contributed by atoms with Gasteiger partial charge >= 0.3 is 19.8 Å². The minimum Gasteiger partial charge on any atom is -0.462 e. The van der Waals surface area contributed by atoms with Crippen molar-refractivity contribution in [2.75, 3.05) is 26.4 Å². The van der Waals surface area contributed by atoms with Crippen LogP contribution < -0.4 is 0 Å². The van der Waals surface area contributed by atoms with Crippen molar-refractivity contribution in [2.45, 2.75) is 244 Å². The molecule has 0 rings (SSSR count). The van der Waals surface area contributed by atoms with Crippen molar-refractivity contribution in [2.24, 2.45) is 0 Å². The van der Waals surface area contributed by atoms with E-state index in [2.05, 4.69) is 26.0 Å². The number of phosphoric ester groups is 1. The molecule has 10 nitrogen and oxygen atoms in total. The normalized spacial score (nSPS) is 13.8. The van der Waals surface area contributed by atoms with Crippen molar-refractivity contribution >= 4 is 19.8 Å². The van der Waals surface area contributed by atoms with Gasteiger partial charge in [0.05, 0.1) is 19.8 Å². The van der Waals surface area contributed by atoms with Gasteiger partial charge in [-0.25, -0.2) is 4.57 Å². The van der Waals surface area contributed by atoms with Crippen LogP contribution in [0.5, 0.6) is 0 Å². The van der Waals surface area contributed by atoms with Gasteiger partial charge in [0.25, 0.3) is 0 Å². The molecule has 0 spiro atoms. The number of unbranched alkanes of at least 4 members (excludes halogenated alkanes) is 29. The topological polar surface area (TPSA) is 149 Å². The van der Waals surface area contributed by atoms with Crippen LogP contribution in [0.4, 0.5) is 0 Å². The third-order valence-corrected chi connectivity index (χ3v) is 11.4. The van der Waals surface area contributed by atoms with Crippen LogP contribution in [0, 0.1) is 0 Å². The predicted molar refractivity (Wildman–Crippen MR) is 233 cm³/mol. The van der Waals surface area contributed by atoms with E-state index in [-0.39, 0.29) is 19.4 Å². The molecule has 57 heavy (non-hydrogen) atoms. The fourth-order valence-electron chi connectivity index (χ4n) is 6.75. The summed E-state index contributed by atoms with van der Waals surface area (Å²) in [5.74, 6) is -0.921. The number of hydrogen-bond acceptors (Lipinski definition) is 9. The number of ether oxygens (including phenoxy) is 2. The van der Waals surface area contributed by atoms with Gasteiger partial charge in [-0.15, -0.1) is 0 Å². The van der Waals surface area contributed by atoms with Gasteiger partial charge in [-0.3, -0.25) is 18.6 Å². The minimum atomic E-state index is -4.62. The van der Waals surface area contributed by atoms with E-state index >= 15 is 0 Å². The molecule has 11 heteroatoms. The lowest BCUT2D eigenvalue weighted by atomic mass is 10.0. The van der Waals surface area contributed by atoms with Gasteiger partial charge in [-0.05, 0) is 38.5 Å². The average molecular weight is 833 g/mol. The Kier molecular flexibility index (Phi) is 41.9. The molecule has 0 aliphatic carbocycles. The molecule has 0 aliphatic heterocycles. The summed E-state index contributed by atoms with van der Waals surface area (Å²) < 4.78 is 32.8. The van der Waals surface area contributed by atoms with Crippen molar-refractivity contribution in [1.29, 1.82) is 0 Å². The second-order valence-corrected chi connectivity index (χ2v) is 17.6. The third kappa shape index (κ3) is 42.6. The van der Waals surface area contributed by atoms with Crippen molar-refractivity contribution in [3.8, 4) is 0 Å². The lowest BCUT2D eigenvalue weighted by Crippen LogP contribution is -2.29. The Morgan fingerprint density at radius 2 is 0.860 bits per heavy atom. The summed E-state index contributed by atoms with van der Waals surface area (Å²) >= 11 is 0. The van der Waals surface area contributed by atoms with E-state index < -0.39 is 51.8 Å². The first-order chi connectivity index (χ1) is 27.7. The van der Waals surface area contributed by atoms with Crippen LogP contribution in [-0.2, 0) is 32.7 Å². The number of hydrogen-bond donors (Lipinski definition) is 3. The molecule has 0 bridgehead atoms. The van der Waals surface area contributed by atoms with Crippen molar-refractivity contribution in [3.05, 3.63) is 12.2 Å². The summed E-state index contributed by atoms with van der Waals surface area (Å²) in [4.78, 5) is 35.1. The highest BCUT2D eigenvalue weighted by Gasteiger charge is 2.27. The van der Waals surface area contributed by atoms with E-state index in [1.165, 1.54) is 141 Å². The largest absolute Gasteiger partial charge is 0.472 e. The number of aliphatic hydroxyl groups excluding tert-OH is 2. The lowest BCUT2D eigenvalue weighted by Gasteiger charge is -2.20. The number of carbonyl (C=O) groups excluding carboxylic acids is 2. The maximum Gasteiger partial charge on any atom is 0.472 e. The predicted octanol–water partition coefficient (Wildman–Crippen LogP) is 12.8. The number of allylic oxidation sites excluding steroid dienone is 2. The smallest absolute Gasteiger partial charge is 0.462 e. The van der Waals surface area contributed by atoms with Gasteiger partial charge in [-0.2, -0.15) is 0 Å². The Balaban J connectivity index is 4.21. The van der Waals surface area contributed by atoms with Gasteiger partial charge in [0.15, 0.2) is 6.10 Å². The molecule has 3 atom stereocenters. The SMILES string of the molecule is CCCCCCCC/C=C/CCCCCCCC(=O)OC[C@H](COP(=O)(O)OC[C@@H](O)CO)OC(=O)CCCCCCCCCCCCCCCCCCCCC. The second-order valence-electron chi connectivity index (χ2n) is 16.1. The van der Waals surface area contributed by atoms with E-state index in [4.69, 9.17) is 23.6 Å². The quantitative estimate of drug-likeness (QED) is 0.0234. The molecule has 0 fully saturated rings. The van der Waals surface area contributed by atoms with Crippen LogP contribution in [0.2, 0.25) is 0 Å². The monoisotopic (exact) mass is 833 g/mol. The third-order valence-electron chi connectivity index (χ3n) is 10.4. The molecular formula is C46H89O10P. The molecule has 3 N–H and O–H groups in total. The van der Waals surface area contributed by atoms with Crippen molar-refractivity contribution in [3.63, 3.8) is 0 Å². The summed E-state index contributed by atoms with van der Waals surface area (Å²) in [6.07, 6.45) is 41.7. The first-order valence-corrected chi connectivity index (χ1v) is 25.1. The van der Waals surface area contributed by atoms with Crippen molar-refractivity contribution in [1.82, 2.24) is 0 Å². The Morgan fingerprint density at radius 1 is 0.509 bits per heavy atom. The van der Waals surface area contributed by atoms with E-state index in [1.54, 1.807) is 0 Å². The molecule has 0 heterocycles. The molecule has 0 aliphatic rings. The standard InChI is InChI=1S/C46H89O10P/c1-3-5-7-9-11-13-15-17-19-20-21-22-24-26-28-30-32-34-36-38-46(50)56-44(42-55-57(51,52)54-40-43(48)39-47)41-53-45(49)37-35-33-31-29-27-25-23-18-16-14-12-10-8-6-4-2/h18,23,43-44,47-48H,3-17,19-22,24-42H2,1-2H3,(H,51,52)/b23-18+/t43-,44+/m0/s1. The zero-order chi connectivity index (χ0) is 41.9. The van der Waals surface area contributed by atoms with Gasteiger partial charge in [-0.1, -0.05) is 193 Å². The highest BCUT2D eigenvalue weighted by molar-refractivity contribution is 7.47. The Labute approximate surface area is 349 Å². The maximum atomic E-state index is 12.6. The zero-order valence-electron chi connectivity index (χ0n) is 36.8. The van der Waals surface area contributed by atoms with E-state index in [0.29, 0.717) is 12.8 Å². The molecule has 1 unspecified atom stereocenters. The van der Waals surface area contributed by atoms with E-state index in [9.17, 15) is 24.2 Å². The Hall–Kier alpha value is -1.29. The first-order valence-electron chi connectivity index (χ1n) is 23.6. The second kappa shape index (κ2) is 42.8. The lowest BCUT2D eigenvalue weighted by molar-refractivity contribution is -0.161. The van der Waals surface area contributed by atoms with Gasteiger partial charge < -0.3 is 24.6 Å². The summed E-state index contributed by atoms with van der Waals surface area (Å²) in [7, 11) is -4.62. The molecule has 0 aromatic heterocycles. The molecule has 0 amide bonds. The molecular weight excluding hydrogens is 743 g/mol. The van der Waals surface area contributed by atoms with Crippen LogP contribution >= 0.6 is 7.82 Å². The number of rotatable bonds is 45.